The number of benzene rings is 3. The molecule has 0 radical (unpaired) electrons. The van der Waals surface area contributed by atoms with Crippen molar-refractivity contribution in [3.63, 3.8) is 0 Å². The Morgan fingerprint density at radius 3 is 1.56 bits per heavy atom. The number of hydrogen-bond donors (Lipinski definition) is 0. The molecule has 15 nitrogen and oxygen atoms in total. The van der Waals surface area contributed by atoms with E-state index in [0.29, 0.717) is 56.3 Å². The van der Waals surface area contributed by atoms with E-state index in [4.69, 9.17) is 24.3 Å². The summed E-state index contributed by atoms with van der Waals surface area (Å²) in [5.74, 6) is 4.08. The first-order valence-electron chi connectivity index (χ1n) is 29.5. The Labute approximate surface area is 481 Å². The number of pyridine rings is 3. The number of nitrogens with zero attached hydrogens (tertiary/aromatic N) is 9. The van der Waals surface area contributed by atoms with Gasteiger partial charge in [-0.15, -0.1) is 0 Å². The average molecular weight is 1100 g/mol. The Bertz CT molecular complexity index is 3730. The number of fused-ring (bicyclic) bond motifs is 4. The van der Waals surface area contributed by atoms with Crippen molar-refractivity contribution in [3.8, 4) is 33.8 Å². The molecule has 82 heavy (non-hydrogen) atoms. The fourth-order valence-electron chi connectivity index (χ4n) is 11.3. The topological polar surface area (TPSA) is 168 Å². The number of Topliss-reactive ketones (excluding diaryl/α,β-unsaturated/α-hetero) is 2. The fourth-order valence-corrected chi connectivity index (χ4v) is 11.3. The smallest absolute Gasteiger partial charge is 0.399 e. The summed E-state index contributed by atoms with van der Waals surface area (Å²) in [4.78, 5) is 76.2. The summed E-state index contributed by atoms with van der Waals surface area (Å²) < 4.78 is 16.7. The number of imidazole rings is 2. The highest BCUT2D eigenvalue weighted by molar-refractivity contribution is 6.62. The van der Waals surface area contributed by atoms with Crippen molar-refractivity contribution < 1.29 is 28.5 Å². The van der Waals surface area contributed by atoms with Crippen LogP contribution in [0.1, 0.15) is 168 Å². The molecule has 1 saturated heterocycles. The number of carbonyl (C=O) groups excluding carboxylic acids is 4. The minimum atomic E-state index is -0.365. The number of amides is 2. The molecule has 5 aliphatic rings. The van der Waals surface area contributed by atoms with Crippen molar-refractivity contribution in [2.24, 2.45) is 0 Å². The van der Waals surface area contributed by atoms with E-state index in [9.17, 15) is 19.2 Å². The van der Waals surface area contributed by atoms with Crippen LogP contribution in [0.4, 0.5) is 0 Å². The maximum absolute atomic E-state index is 12.5. The van der Waals surface area contributed by atoms with Gasteiger partial charge in [0.2, 0.25) is 11.8 Å². The van der Waals surface area contributed by atoms with Gasteiger partial charge in [0.15, 0.2) is 11.6 Å². The van der Waals surface area contributed by atoms with E-state index in [-0.39, 0.29) is 41.7 Å². The van der Waals surface area contributed by atoms with Gasteiger partial charge < -0.3 is 28.2 Å². The predicted octanol–water partition coefficient (Wildman–Crippen LogP) is 12.0. The third-order valence-corrected chi connectivity index (χ3v) is 17.2. The standard InChI is InChI=1S/C29H29N5O2.C22H24N4O.C15H21BO3/c1-3-26(35)23-11-10-20(15-30-23)24-14-19-6-5-7-21(22(19)16-31-24)28-25-17-33(27(36)4-2)12-13-34(25)29(32-28)18-8-9-18;1-3-20(27)25-9-10-26-19(13-25)21(24-22(26)15-7-8-15)17-6-4-5-16-11-14(2)23-12-18(16)17;1-6-13(17)11-7-9-12(10-8-11)16-18-14(2,3)15(4,5)19-16/h5-7,10-11,14-16,18H,3-4,8-9,12-13,17H2,1-2H3;4-6,11-12,15H,3,7-10,13H2,1-2H3;7-10H,6H2,1-5H3. The molecule has 0 bridgehead atoms. The number of aromatic nitrogens is 7. The summed E-state index contributed by atoms with van der Waals surface area (Å²) in [5, 5.41) is 4.42. The lowest BCUT2D eigenvalue weighted by molar-refractivity contribution is -0.133. The number of carbonyl (C=O) groups is 4. The van der Waals surface area contributed by atoms with Crippen LogP contribution in [0.5, 0.6) is 0 Å². The van der Waals surface area contributed by atoms with E-state index in [1.165, 1.54) is 42.6 Å². The van der Waals surface area contributed by atoms with Gasteiger partial charge in [0.05, 0.1) is 52.8 Å². The first kappa shape index (κ1) is 56.2. The van der Waals surface area contributed by atoms with E-state index < -0.39 is 0 Å². The largest absolute Gasteiger partial charge is 0.494 e. The van der Waals surface area contributed by atoms with Crippen LogP contribution in [-0.2, 0) is 45.1 Å². The van der Waals surface area contributed by atoms with Gasteiger partial charge >= 0.3 is 7.12 Å². The molecule has 2 aliphatic carbocycles. The van der Waals surface area contributed by atoms with Gasteiger partial charge in [-0.25, -0.2) is 9.97 Å². The van der Waals surface area contributed by atoms with E-state index in [1.807, 2.05) is 115 Å². The van der Waals surface area contributed by atoms with Crippen LogP contribution in [0, 0.1) is 6.92 Å². The highest BCUT2D eigenvalue weighted by atomic mass is 16.7. The van der Waals surface area contributed by atoms with Crippen molar-refractivity contribution in [1.29, 1.82) is 0 Å². The van der Waals surface area contributed by atoms with Crippen molar-refractivity contribution in [2.75, 3.05) is 13.1 Å². The third kappa shape index (κ3) is 11.2. The molecule has 16 heteroatoms. The maximum atomic E-state index is 12.5. The van der Waals surface area contributed by atoms with Gasteiger partial charge in [-0.1, -0.05) is 88.4 Å². The lowest BCUT2D eigenvalue weighted by atomic mass is 9.78. The van der Waals surface area contributed by atoms with E-state index in [1.54, 1.807) is 12.3 Å². The van der Waals surface area contributed by atoms with Gasteiger partial charge in [0.25, 0.3) is 0 Å². The van der Waals surface area contributed by atoms with Crippen molar-refractivity contribution in [2.45, 2.75) is 163 Å². The van der Waals surface area contributed by atoms with Gasteiger partial charge in [-0.2, -0.15) is 0 Å². The highest BCUT2D eigenvalue weighted by Gasteiger charge is 2.51. The molecule has 0 unspecified atom stereocenters. The lowest BCUT2D eigenvalue weighted by Gasteiger charge is -2.32. The summed E-state index contributed by atoms with van der Waals surface area (Å²) >= 11 is 0. The average Bonchev–Trinajstić information content (AvgIpc) is 4.58. The summed E-state index contributed by atoms with van der Waals surface area (Å²) in [6.45, 7) is 22.1. The lowest BCUT2D eigenvalue weighted by Crippen LogP contribution is -2.41. The second-order valence-corrected chi connectivity index (χ2v) is 23.4. The van der Waals surface area contributed by atoms with E-state index in [0.717, 1.165) is 104 Å². The second-order valence-electron chi connectivity index (χ2n) is 23.4. The zero-order chi connectivity index (χ0) is 57.6. The first-order chi connectivity index (χ1) is 39.5. The summed E-state index contributed by atoms with van der Waals surface area (Å²) in [5.41, 5.74) is 10.7. The number of ketones is 2. The molecular weight excluding hydrogens is 1030 g/mol. The number of rotatable bonds is 12. The molecule has 2 amide bonds. The van der Waals surface area contributed by atoms with E-state index >= 15 is 0 Å². The zero-order valence-corrected chi connectivity index (χ0v) is 48.9. The number of hydrogen-bond acceptors (Lipinski definition) is 11. The molecule has 8 aromatic rings. The zero-order valence-electron chi connectivity index (χ0n) is 48.9. The Morgan fingerprint density at radius 2 is 1.09 bits per heavy atom. The quantitative estimate of drug-likeness (QED) is 0.0843. The van der Waals surface area contributed by atoms with E-state index in [2.05, 4.69) is 67.6 Å². The normalized spacial score (nSPS) is 16.9. The summed E-state index contributed by atoms with van der Waals surface area (Å²) in [6.07, 6.45) is 12.4. The molecule has 0 spiro atoms. The third-order valence-electron chi connectivity index (χ3n) is 17.2. The highest BCUT2D eigenvalue weighted by Crippen LogP contribution is 2.45. The monoisotopic (exact) mass is 1100 g/mol. The summed E-state index contributed by atoms with van der Waals surface area (Å²) in [6, 6.07) is 28.0. The molecule has 13 rings (SSSR count). The predicted molar refractivity (Wildman–Crippen MR) is 321 cm³/mol. The van der Waals surface area contributed by atoms with Crippen LogP contribution in [0.25, 0.3) is 55.3 Å². The van der Waals surface area contributed by atoms with Crippen LogP contribution < -0.4 is 5.46 Å². The molecule has 3 aliphatic heterocycles. The molecule has 3 fully saturated rings. The SMILES string of the molecule is CCC(=O)N1CCn2c(C3CC3)nc(-c3cccc4cc(C)ncc34)c2C1.CCC(=O)c1ccc(-c2cc3cccc(-c4nc(C5CC5)n5c4CN(C(=O)CC)CC5)c3cn2)cn1.CCC(=O)c1ccc(B2OC(C)(C)C(C)(C)O2)cc1. The summed E-state index contributed by atoms with van der Waals surface area (Å²) in [7, 11) is -0.365. The first-order valence-corrected chi connectivity index (χ1v) is 29.5. The van der Waals surface area contributed by atoms with Crippen LogP contribution in [-0.4, -0.2) is 98.6 Å². The van der Waals surface area contributed by atoms with Gasteiger partial charge in [0.1, 0.15) is 17.3 Å². The molecule has 5 aromatic heterocycles. The Hall–Kier alpha value is -7.69. The number of aryl methyl sites for hydroxylation is 1. The Kier molecular flexibility index (Phi) is 15.7. The Morgan fingerprint density at radius 1 is 0.573 bits per heavy atom. The molecule has 0 N–H and O–H groups in total. The fraction of sp³-hybridized carbons (Fsp3) is 0.409. The van der Waals surface area contributed by atoms with Gasteiger partial charge in [-0.3, -0.25) is 34.1 Å². The van der Waals surface area contributed by atoms with Crippen molar-refractivity contribution in [3.05, 3.63) is 144 Å². The minimum Gasteiger partial charge on any atom is -0.399 e. The molecule has 422 valence electrons. The van der Waals surface area contributed by atoms with Crippen LogP contribution >= 0.6 is 0 Å². The van der Waals surface area contributed by atoms with Crippen LogP contribution in [0.2, 0.25) is 0 Å². The molecule has 0 atom stereocenters. The maximum Gasteiger partial charge on any atom is 0.494 e. The Balaban J connectivity index is 0.000000136. The molecular formula is C66H74BN9O6. The second kappa shape index (κ2) is 22.9. The minimum absolute atomic E-state index is 0.0332. The van der Waals surface area contributed by atoms with Crippen molar-refractivity contribution >= 4 is 57.5 Å². The molecule has 2 saturated carbocycles. The van der Waals surface area contributed by atoms with Crippen LogP contribution in [0.3, 0.4) is 0 Å². The molecule has 3 aromatic carbocycles. The van der Waals surface area contributed by atoms with Gasteiger partial charge in [-0.05, 0) is 101 Å². The van der Waals surface area contributed by atoms with Crippen LogP contribution in [0.15, 0.2) is 104 Å². The van der Waals surface area contributed by atoms with Gasteiger partial charge in [0, 0.05) is 121 Å². The molecule has 8 heterocycles. The van der Waals surface area contributed by atoms with Crippen molar-refractivity contribution in [1.82, 2.24) is 43.9 Å².